The molecular formula is C15H22N2O3. The van der Waals surface area contributed by atoms with Crippen LogP contribution < -0.4 is 15.4 Å². The van der Waals surface area contributed by atoms with Gasteiger partial charge in [-0.05, 0) is 24.1 Å². The fourth-order valence-electron chi connectivity index (χ4n) is 2.20. The van der Waals surface area contributed by atoms with Crippen molar-refractivity contribution in [1.82, 2.24) is 10.6 Å². The van der Waals surface area contributed by atoms with Gasteiger partial charge in [-0.15, -0.1) is 0 Å². The molecule has 0 saturated carbocycles. The molecule has 1 aliphatic heterocycles. The van der Waals surface area contributed by atoms with E-state index >= 15 is 0 Å². The topological polar surface area (TPSA) is 59.6 Å². The third kappa shape index (κ3) is 4.83. The van der Waals surface area contributed by atoms with Gasteiger partial charge < -0.3 is 20.1 Å². The van der Waals surface area contributed by atoms with Crippen LogP contribution in [0.15, 0.2) is 24.3 Å². The van der Waals surface area contributed by atoms with E-state index in [2.05, 4.69) is 10.6 Å². The second-order valence-corrected chi connectivity index (χ2v) is 4.85. The minimum Gasteiger partial charge on any atom is -0.497 e. The fraction of sp³-hybridized carbons (Fsp3) is 0.533. The molecule has 1 saturated heterocycles. The van der Waals surface area contributed by atoms with E-state index in [0.29, 0.717) is 19.6 Å². The van der Waals surface area contributed by atoms with E-state index in [-0.39, 0.29) is 12.0 Å². The summed E-state index contributed by atoms with van der Waals surface area (Å²) in [7, 11) is 1.65. The number of nitrogens with one attached hydrogen (secondary N) is 2. The van der Waals surface area contributed by atoms with E-state index in [1.54, 1.807) is 7.11 Å². The molecule has 0 radical (unpaired) electrons. The van der Waals surface area contributed by atoms with Gasteiger partial charge in [0.1, 0.15) is 5.75 Å². The summed E-state index contributed by atoms with van der Waals surface area (Å²) in [6.45, 7) is 2.94. The van der Waals surface area contributed by atoms with Gasteiger partial charge in [-0.25, -0.2) is 0 Å². The summed E-state index contributed by atoms with van der Waals surface area (Å²) in [5.74, 6) is 0.886. The lowest BCUT2D eigenvalue weighted by Gasteiger charge is -2.23. The van der Waals surface area contributed by atoms with Gasteiger partial charge in [0.2, 0.25) is 5.91 Å². The molecule has 1 aromatic carbocycles. The first-order valence-corrected chi connectivity index (χ1v) is 7.00. The van der Waals surface area contributed by atoms with Crippen molar-refractivity contribution >= 4 is 5.91 Å². The second kappa shape index (κ2) is 7.87. The molecule has 1 heterocycles. The monoisotopic (exact) mass is 278 g/mol. The highest BCUT2D eigenvalue weighted by Gasteiger charge is 2.16. The Kier molecular flexibility index (Phi) is 5.83. The van der Waals surface area contributed by atoms with Crippen molar-refractivity contribution in [2.45, 2.75) is 18.9 Å². The molecule has 0 bridgehead atoms. The number of ether oxygens (including phenoxy) is 2. The van der Waals surface area contributed by atoms with Crippen molar-refractivity contribution in [2.24, 2.45) is 0 Å². The largest absolute Gasteiger partial charge is 0.497 e. The van der Waals surface area contributed by atoms with Crippen LogP contribution in [0.5, 0.6) is 5.75 Å². The summed E-state index contributed by atoms with van der Waals surface area (Å²) >= 11 is 0. The summed E-state index contributed by atoms with van der Waals surface area (Å²) in [4.78, 5) is 11.8. The first-order valence-electron chi connectivity index (χ1n) is 7.00. The molecule has 1 aliphatic rings. The minimum atomic E-state index is 0.000527. The Hall–Kier alpha value is -1.59. The van der Waals surface area contributed by atoms with Crippen molar-refractivity contribution in [1.29, 1.82) is 0 Å². The molecular weight excluding hydrogens is 256 g/mol. The zero-order valence-electron chi connectivity index (χ0n) is 11.9. The second-order valence-electron chi connectivity index (χ2n) is 4.85. The number of hydrogen-bond donors (Lipinski definition) is 2. The van der Waals surface area contributed by atoms with Gasteiger partial charge in [-0.1, -0.05) is 12.1 Å². The van der Waals surface area contributed by atoms with Gasteiger partial charge in [-0.3, -0.25) is 4.79 Å². The normalized spacial score (nSPS) is 18.6. The van der Waals surface area contributed by atoms with Crippen molar-refractivity contribution in [3.05, 3.63) is 29.8 Å². The van der Waals surface area contributed by atoms with Gasteiger partial charge in [-0.2, -0.15) is 0 Å². The van der Waals surface area contributed by atoms with Crippen molar-refractivity contribution in [2.75, 3.05) is 33.4 Å². The average molecular weight is 278 g/mol. The third-order valence-corrected chi connectivity index (χ3v) is 3.29. The Morgan fingerprint density at radius 2 is 2.45 bits per heavy atom. The standard InChI is InChI=1S/C15H22N2O3/c1-19-13-4-2-3-12(9-13)5-6-17-15(18)10-14-11-16-7-8-20-14/h2-4,9,14,16H,5-8,10-11H2,1H3,(H,17,18). The number of carbonyl (C=O) groups excluding carboxylic acids is 1. The van der Waals surface area contributed by atoms with Crippen molar-refractivity contribution in [3.8, 4) is 5.75 Å². The number of carbonyl (C=O) groups is 1. The third-order valence-electron chi connectivity index (χ3n) is 3.29. The molecule has 1 aromatic rings. The molecule has 1 unspecified atom stereocenters. The smallest absolute Gasteiger partial charge is 0.222 e. The summed E-state index contributed by atoms with van der Waals surface area (Å²) in [6, 6.07) is 7.89. The lowest BCUT2D eigenvalue weighted by molar-refractivity contribution is -0.124. The van der Waals surface area contributed by atoms with Crippen LogP contribution in [0.2, 0.25) is 0 Å². The van der Waals surface area contributed by atoms with E-state index in [1.165, 1.54) is 0 Å². The molecule has 1 atom stereocenters. The van der Waals surface area contributed by atoms with Gasteiger partial charge >= 0.3 is 0 Å². The molecule has 110 valence electrons. The highest BCUT2D eigenvalue weighted by atomic mass is 16.5. The first-order chi connectivity index (χ1) is 9.78. The zero-order valence-corrected chi connectivity index (χ0v) is 11.9. The van der Waals surface area contributed by atoms with Crippen molar-refractivity contribution < 1.29 is 14.3 Å². The Bertz CT molecular complexity index is 431. The molecule has 2 rings (SSSR count). The van der Waals surface area contributed by atoms with Crippen LogP contribution in [0.1, 0.15) is 12.0 Å². The number of methoxy groups -OCH3 is 1. The Morgan fingerprint density at radius 1 is 1.55 bits per heavy atom. The van der Waals surface area contributed by atoms with Gasteiger partial charge in [0.05, 0.1) is 26.2 Å². The number of hydrogen-bond acceptors (Lipinski definition) is 4. The minimum absolute atomic E-state index is 0.000527. The SMILES string of the molecule is COc1cccc(CCNC(=O)CC2CNCCO2)c1. The van der Waals surface area contributed by atoms with E-state index in [0.717, 1.165) is 30.8 Å². The summed E-state index contributed by atoms with van der Waals surface area (Å²) in [5, 5.41) is 6.14. The quantitative estimate of drug-likeness (QED) is 0.805. The zero-order chi connectivity index (χ0) is 14.2. The Morgan fingerprint density at radius 3 is 3.20 bits per heavy atom. The molecule has 1 fully saturated rings. The summed E-state index contributed by atoms with van der Waals surface area (Å²) in [6.07, 6.45) is 1.22. The van der Waals surface area contributed by atoms with Gasteiger partial charge in [0, 0.05) is 19.6 Å². The summed E-state index contributed by atoms with van der Waals surface area (Å²) < 4.78 is 10.7. The maximum absolute atomic E-state index is 11.8. The van der Waals surface area contributed by atoms with Gasteiger partial charge in [0.15, 0.2) is 0 Å². The van der Waals surface area contributed by atoms with Gasteiger partial charge in [0.25, 0.3) is 0 Å². The van der Waals surface area contributed by atoms with Crippen LogP contribution in [0.3, 0.4) is 0 Å². The van der Waals surface area contributed by atoms with Crippen LogP contribution in [0.4, 0.5) is 0 Å². The highest BCUT2D eigenvalue weighted by Crippen LogP contribution is 2.12. The van der Waals surface area contributed by atoms with E-state index in [1.807, 2.05) is 24.3 Å². The number of amides is 1. The predicted octanol–water partition coefficient (Wildman–Crippen LogP) is 0.732. The van der Waals surface area contributed by atoms with Crippen LogP contribution in [-0.2, 0) is 16.0 Å². The lowest BCUT2D eigenvalue weighted by Crippen LogP contribution is -2.41. The Labute approximate surface area is 119 Å². The van der Waals surface area contributed by atoms with Crippen LogP contribution in [0, 0.1) is 0 Å². The first kappa shape index (κ1) is 14.8. The van der Waals surface area contributed by atoms with E-state index in [4.69, 9.17) is 9.47 Å². The number of benzene rings is 1. The van der Waals surface area contributed by atoms with E-state index < -0.39 is 0 Å². The molecule has 1 amide bonds. The molecule has 0 aliphatic carbocycles. The molecule has 5 nitrogen and oxygen atoms in total. The maximum Gasteiger partial charge on any atom is 0.222 e. The summed E-state index contributed by atoms with van der Waals surface area (Å²) in [5.41, 5.74) is 1.15. The molecule has 0 spiro atoms. The molecule has 2 N–H and O–H groups in total. The van der Waals surface area contributed by atoms with Crippen LogP contribution >= 0.6 is 0 Å². The lowest BCUT2D eigenvalue weighted by atomic mass is 10.1. The molecule has 0 aromatic heterocycles. The van der Waals surface area contributed by atoms with E-state index in [9.17, 15) is 4.79 Å². The number of rotatable bonds is 6. The fourth-order valence-corrected chi connectivity index (χ4v) is 2.20. The number of morpholine rings is 1. The highest BCUT2D eigenvalue weighted by molar-refractivity contribution is 5.76. The molecule has 20 heavy (non-hydrogen) atoms. The van der Waals surface area contributed by atoms with Crippen LogP contribution in [-0.4, -0.2) is 45.4 Å². The predicted molar refractivity (Wildman–Crippen MR) is 76.9 cm³/mol. The maximum atomic E-state index is 11.8. The Balaban J connectivity index is 1.67. The average Bonchev–Trinajstić information content (AvgIpc) is 2.48. The van der Waals surface area contributed by atoms with Crippen molar-refractivity contribution in [3.63, 3.8) is 0 Å². The van der Waals surface area contributed by atoms with Crippen LogP contribution in [0.25, 0.3) is 0 Å². The molecule has 5 heteroatoms.